The van der Waals surface area contributed by atoms with Gasteiger partial charge in [-0.3, -0.25) is 0 Å². The molecule has 2 nitrogen and oxygen atoms in total. The van der Waals surface area contributed by atoms with Crippen molar-refractivity contribution in [3.8, 4) is 5.75 Å². The number of carbonyl (C=O) groups is 1. The van der Waals surface area contributed by atoms with E-state index in [4.69, 9.17) is 0 Å². The number of hydrogen-bond donors (Lipinski definition) is 1. The van der Waals surface area contributed by atoms with Crippen LogP contribution in [0.5, 0.6) is 5.75 Å². The maximum Gasteiger partial charge on any atom is 0.120 e. The lowest BCUT2D eigenvalue weighted by Gasteiger charge is -2.12. The van der Waals surface area contributed by atoms with Gasteiger partial charge in [0, 0.05) is 10.9 Å². The van der Waals surface area contributed by atoms with Gasteiger partial charge in [-0.25, -0.2) is 0 Å². The Labute approximate surface area is 92.1 Å². The maximum atomic E-state index is 10.4. The number of aryl methyl sites for hydroxylation is 1. The van der Waals surface area contributed by atoms with E-state index in [2.05, 4.69) is 15.9 Å². The summed E-state index contributed by atoms with van der Waals surface area (Å²) in [7, 11) is 0. The summed E-state index contributed by atoms with van der Waals surface area (Å²) in [6, 6.07) is 3.58. The third-order valence-electron chi connectivity index (χ3n) is 2.29. The van der Waals surface area contributed by atoms with Crippen LogP contribution in [0.1, 0.15) is 30.4 Å². The van der Waals surface area contributed by atoms with Crippen LogP contribution in [0.2, 0.25) is 0 Å². The number of carbonyl (C=O) groups excluding carboxylic acids is 1. The summed E-state index contributed by atoms with van der Waals surface area (Å²) < 4.78 is 0.961. The fourth-order valence-corrected chi connectivity index (χ4v) is 1.71. The van der Waals surface area contributed by atoms with Crippen LogP contribution < -0.4 is 0 Å². The van der Waals surface area contributed by atoms with Crippen molar-refractivity contribution in [2.75, 3.05) is 0 Å². The molecule has 0 amide bonds. The molecule has 1 unspecified atom stereocenters. The van der Waals surface area contributed by atoms with Gasteiger partial charge in [0.1, 0.15) is 12.0 Å². The first-order valence-electron chi connectivity index (χ1n) is 4.49. The van der Waals surface area contributed by atoms with E-state index in [1.54, 1.807) is 6.07 Å². The minimum absolute atomic E-state index is 0.0596. The number of phenols is 1. The van der Waals surface area contributed by atoms with Gasteiger partial charge in [-0.15, -0.1) is 0 Å². The highest BCUT2D eigenvalue weighted by Crippen LogP contribution is 2.32. The highest BCUT2D eigenvalue weighted by atomic mass is 79.9. The number of hydrogen-bond acceptors (Lipinski definition) is 2. The van der Waals surface area contributed by atoms with Crippen LogP contribution in [0.4, 0.5) is 0 Å². The third-order valence-corrected chi connectivity index (χ3v) is 3.14. The number of halogens is 1. The Morgan fingerprint density at radius 3 is 2.79 bits per heavy atom. The first kappa shape index (κ1) is 11.2. The fourth-order valence-electron chi connectivity index (χ4n) is 1.35. The molecule has 0 bridgehead atoms. The van der Waals surface area contributed by atoms with Crippen LogP contribution in [0.3, 0.4) is 0 Å². The lowest BCUT2D eigenvalue weighted by Crippen LogP contribution is -1.95. The molecule has 0 heterocycles. The second kappa shape index (κ2) is 4.60. The lowest BCUT2D eigenvalue weighted by molar-refractivity contribution is -0.108. The van der Waals surface area contributed by atoms with E-state index in [1.165, 1.54) is 0 Å². The second-order valence-corrected chi connectivity index (χ2v) is 4.32. The third kappa shape index (κ3) is 2.35. The number of benzene rings is 1. The number of aromatic hydroxyl groups is 1. The Morgan fingerprint density at radius 2 is 2.21 bits per heavy atom. The molecule has 14 heavy (non-hydrogen) atoms. The summed E-state index contributed by atoms with van der Waals surface area (Å²) in [5.74, 6) is 0.324. The van der Waals surface area contributed by atoms with Crippen molar-refractivity contribution in [3.05, 3.63) is 27.7 Å². The predicted molar refractivity (Wildman–Crippen MR) is 59.6 cm³/mol. The molecule has 0 radical (unpaired) electrons. The molecule has 0 saturated carbocycles. The van der Waals surface area contributed by atoms with Gasteiger partial charge in [-0.1, -0.05) is 22.9 Å². The monoisotopic (exact) mass is 256 g/mol. The summed E-state index contributed by atoms with van der Waals surface area (Å²) in [5, 5.41) is 9.68. The van der Waals surface area contributed by atoms with Crippen LogP contribution >= 0.6 is 15.9 Å². The average Bonchev–Trinajstić information content (AvgIpc) is 2.11. The molecule has 0 fully saturated rings. The summed E-state index contributed by atoms with van der Waals surface area (Å²) in [5.41, 5.74) is 1.80. The van der Waals surface area contributed by atoms with Gasteiger partial charge >= 0.3 is 0 Å². The Kier molecular flexibility index (Phi) is 3.69. The first-order chi connectivity index (χ1) is 6.56. The predicted octanol–water partition coefficient (Wildman–Crippen LogP) is 3.16. The highest BCUT2D eigenvalue weighted by molar-refractivity contribution is 9.10. The van der Waals surface area contributed by atoms with Crippen molar-refractivity contribution >= 4 is 22.2 Å². The zero-order chi connectivity index (χ0) is 10.7. The molecular formula is C11H13BrO2. The molecule has 1 aromatic carbocycles. The van der Waals surface area contributed by atoms with Crippen LogP contribution in [-0.2, 0) is 4.79 Å². The molecule has 3 heteroatoms. The topological polar surface area (TPSA) is 37.3 Å². The molecule has 0 aliphatic heterocycles. The molecule has 1 rings (SSSR count). The van der Waals surface area contributed by atoms with E-state index in [0.29, 0.717) is 6.42 Å². The normalized spacial score (nSPS) is 12.5. The molecule has 0 spiro atoms. The van der Waals surface area contributed by atoms with Crippen molar-refractivity contribution < 1.29 is 9.90 Å². The number of phenolic OH excluding ortho intramolecular Hbond substituents is 1. The van der Waals surface area contributed by atoms with Gasteiger partial charge in [0.05, 0.1) is 0 Å². The van der Waals surface area contributed by atoms with Crippen molar-refractivity contribution in [3.63, 3.8) is 0 Å². The number of aldehydes is 1. The Balaban J connectivity index is 3.08. The molecule has 1 aromatic rings. The molecule has 0 aliphatic rings. The van der Waals surface area contributed by atoms with Crippen LogP contribution in [-0.4, -0.2) is 11.4 Å². The van der Waals surface area contributed by atoms with Crippen molar-refractivity contribution in [2.24, 2.45) is 0 Å². The van der Waals surface area contributed by atoms with Crippen molar-refractivity contribution in [1.29, 1.82) is 0 Å². The van der Waals surface area contributed by atoms with Gasteiger partial charge < -0.3 is 9.90 Å². The van der Waals surface area contributed by atoms with Gasteiger partial charge in [0.15, 0.2) is 0 Å². The molecule has 0 saturated heterocycles. The van der Waals surface area contributed by atoms with Gasteiger partial charge in [0.2, 0.25) is 0 Å². The summed E-state index contributed by atoms with van der Waals surface area (Å²) >= 11 is 3.40. The first-order valence-corrected chi connectivity index (χ1v) is 5.28. The molecule has 1 N–H and O–H groups in total. The van der Waals surface area contributed by atoms with Gasteiger partial charge in [0.25, 0.3) is 0 Å². The van der Waals surface area contributed by atoms with Crippen molar-refractivity contribution in [2.45, 2.75) is 26.2 Å². The Bertz CT molecular complexity index is 347. The average molecular weight is 257 g/mol. The van der Waals surface area contributed by atoms with Crippen LogP contribution in [0.25, 0.3) is 0 Å². The van der Waals surface area contributed by atoms with E-state index >= 15 is 0 Å². The van der Waals surface area contributed by atoms with E-state index in [0.717, 1.165) is 21.9 Å². The minimum atomic E-state index is 0.0596. The van der Waals surface area contributed by atoms with Crippen LogP contribution in [0.15, 0.2) is 16.6 Å². The molecule has 76 valence electrons. The second-order valence-electron chi connectivity index (χ2n) is 3.46. The zero-order valence-electron chi connectivity index (χ0n) is 8.25. The molecule has 1 atom stereocenters. The standard InChI is InChI=1S/C11H13BrO2/c1-7(3-4-13)9-6-10(12)8(2)5-11(9)14/h4-7,14H,3H2,1-2H3. The smallest absolute Gasteiger partial charge is 0.120 e. The Hall–Kier alpha value is -0.830. The molecule has 0 aliphatic carbocycles. The van der Waals surface area contributed by atoms with Crippen molar-refractivity contribution in [1.82, 2.24) is 0 Å². The van der Waals surface area contributed by atoms with Crippen LogP contribution in [0, 0.1) is 6.92 Å². The number of rotatable bonds is 3. The quantitative estimate of drug-likeness (QED) is 0.844. The fraction of sp³-hybridized carbons (Fsp3) is 0.364. The SMILES string of the molecule is Cc1cc(O)c(C(C)CC=O)cc1Br. The molecular weight excluding hydrogens is 244 g/mol. The largest absolute Gasteiger partial charge is 0.508 e. The van der Waals surface area contributed by atoms with E-state index in [9.17, 15) is 9.90 Å². The lowest BCUT2D eigenvalue weighted by atomic mass is 9.96. The molecule has 0 aromatic heterocycles. The summed E-state index contributed by atoms with van der Waals surface area (Å²) in [6.07, 6.45) is 1.31. The highest BCUT2D eigenvalue weighted by Gasteiger charge is 2.11. The maximum absolute atomic E-state index is 10.4. The van der Waals surface area contributed by atoms with Gasteiger partial charge in [-0.2, -0.15) is 0 Å². The summed E-state index contributed by atoms with van der Waals surface area (Å²) in [6.45, 7) is 3.84. The zero-order valence-corrected chi connectivity index (χ0v) is 9.84. The van der Waals surface area contributed by atoms with E-state index < -0.39 is 0 Å². The van der Waals surface area contributed by atoms with E-state index in [-0.39, 0.29) is 11.7 Å². The van der Waals surface area contributed by atoms with E-state index in [1.807, 2.05) is 19.9 Å². The Morgan fingerprint density at radius 1 is 1.57 bits per heavy atom. The minimum Gasteiger partial charge on any atom is -0.508 e. The van der Waals surface area contributed by atoms with Gasteiger partial charge in [-0.05, 0) is 36.1 Å². The summed E-state index contributed by atoms with van der Waals surface area (Å²) in [4.78, 5) is 10.4.